The van der Waals surface area contributed by atoms with Crippen LogP contribution in [0.25, 0.3) is 5.70 Å². The van der Waals surface area contributed by atoms with E-state index < -0.39 is 11.8 Å². The number of nitrogens with one attached hydrogen (secondary N) is 1. The summed E-state index contributed by atoms with van der Waals surface area (Å²) in [5.74, 6) is 0. The summed E-state index contributed by atoms with van der Waals surface area (Å²) in [6, 6.07) is 8.54. The van der Waals surface area contributed by atoms with E-state index in [1.54, 1.807) is 25.1 Å². The van der Waals surface area contributed by atoms with Gasteiger partial charge in [-0.25, -0.2) is 0 Å². The molecule has 1 aliphatic rings. The lowest BCUT2D eigenvalue weighted by atomic mass is 9.91. The number of nitrogens with zero attached hydrogens (tertiary/aromatic N) is 1. The molecule has 9 heteroatoms. The molecule has 0 amide bonds. The van der Waals surface area contributed by atoms with Crippen molar-refractivity contribution < 1.29 is 18.0 Å². The third-order valence-corrected chi connectivity index (χ3v) is 4.71. The zero-order valence-electron chi connectivity index (χ0n) is 13.9. The minimum atomic E-state index is -4.77. The van der Waals surface area contributed by atoms with E-state index in [-0.39, 0.29) is 27.9 Å². The van der Waals surface area contributed by atoms with Gasteiger partial charge in [0.25, 0.3) is 0 Å². The van der Waals surface area contributed by atoms with Crippen LogP contribution >= 0.6 is 23.2 Å². The summed E-state index contributed by atoms with van der Waals surface area (Å²) < 4.78 is 41.9. The Hall–Kier alpha value is -2.09. The van der Waals surface area contributed by atoms with E-state index in [9.17, 15) is 18.1 Å². The quantitative estimate of drug-likeness (QED) is 0.630. The number of alkyl halides is 3. The fourth-order valence-corrected chi connectivity index (χ4v) is 3.39. The van der Waals surface area contributed by atoms with Crippen molar-refractivity contribution in [2.24, 2.45) is 5.18 Å². The van der Waals surface area contributed by atoms with Crippen molar-refractivity contribution in [1.82, 2.24) is 5.48 Å². The first-order valence-electron chi connectivity index (χ1n) is 7.75. The summed E-state index contributed by atoms with van der Waals surface area (Å²) >= 11 is 11.8. The molecule has 142 valence electrons. The predicted molar refractivity (Wildman–Crippen MR) is 97.1 cm³/mol. The normalized spacial score (nSPS) is 19.6. The molecule has 1 unspecified atom stereocenters. The predicted octanol–water partition coefficient (Wildman–Crippen LogP) is 5.90. The number of halogens is 5. The van der Waals surface area contributed by atoms with Gasteiger partial charge in [-0.15, -0.1) is 0 Å². The maximum Gasteiger partial charge on any atom is 0.428 e. The summed E-state index contributed by atoms with van der Waals surface area (Å²) in [7, 11) is 0. The van der Waals surface area contributed by atoms with Crippen molar-refractivity contribution in [2.75, 3.05) is 0 Å². The van der Waals surface area contributed by atoms with Gasteiger partial charge >= 0.3 is 6.18 Å². The number of hydrogen-bond acceptors (Lipinski definition) is 4. The molecule has 0 aromatic heterocycles. The highest BCUT2D eigenvalue weighted by atomic mass is 35.5. The van der Waals surface area contributed by atoms with E-state index >= 15 is 0 Å². The number of nitroso groups, excluding NO2 is 1. The lowest BCUT2D eigenvalue weighted by Gasteiger charge is -2.28. The largest absolute Gasteiger partial charge is 0.428 e. The molecule has 1 aliphatic heterocycles. The Balaban J connectivity index is 2.09. The van der Waals surface area contributed by atoms with Crippen molar-refractivity contribution >= 4 is 28.9 Å². The van der Waals surface area contributed by atoms with Crippen LogP contribution in [0.5, 0.6) is 0 Å². The molecule has 1 heterocycles. The second kappa shape index (κ2) is 7.14. The van der Waals surface area contributed by atoms with E-state index in [0.29, 0.717) is 11.1 Å². The van der Waals surface area contributed by atoms with Gasteiger partial charge < -0.3 is 0 Å². The smallest absolute Gasteiger partial charge is 0.265 e. The molecule has 2 aromatic carbocycles. The lowest BCUT2D eigenvalue weighted by Crippen LogP contribution is -2.42. The van der Waals surface area contributed by atoms with Crippen LogP contribution in [0.3, 0.4) is 0 Å². The number of hydrogen-bond donors (Lipinski definition) is 1. The second-order valence-corrected chi connectivity index (χ2v) is 6.96. The molecule has 0 saturated carbocycles. The van der Waals surface area contributed by atoms with Gasteiger partial charge in [0.1, 0.15) is 6.54 Å². The van der Waals surface area contributed by atoms with Gasteiger partial charge in [0.05, 0.1) is 5.70 Å². The summed E-state index contributed by atoms with van der Waals surface area (Å²) in [5, 5.41) is 2.95. The first kappa shape index (κ1) is 19.7. The maximum absolute atomic E-state index is 14.0. The lowest BCUT2D eigenvalue weighted by molar-refractivity contribution is -0.269. The number of aryl methyl sites for hydroxylation is 1. The molecule has 0 aliphatic carbocycles. The molecule has 0 saturated heterocycles. The average Bonchev–Trinajstić information content (AvgIpc) is 3.02. The van der Waals surface area contributed by atoms with Crippen LogP contribution in [0.2, 0.25) is 10.0 Å². The number of benzene rings is 2. The first-order chi connectivity index (χ1) is 12.7. The van der Waals surface area contributed by atoms with Crippen molar-refractivity contribution in [2.45, 2.75) is 25.2 Å². The van der Waals surface area contributed by atoms with Gasteiger partial charge in [0.2, 0.25) is 5.60 Å². The molecule has 0 fully saturated rings. The van der Waals surface area contributed by atoms with Crippen molar-refractivity contribution in [3.63, 3.8) is 0 Å². The van der Waals surface area contributed by atoms with Gasteiger partial charge in [-0.05, 0) is 54.0 Å². The van der Waals surface area contributed by atoms with Crippen molar-refractivity contribution in [3.8, 4) is 0 Å². The zero-order chi connectivity index (χ0) is 19.8. The van der Waals surface area contributed by atoms with Gasteiger partial charge in [-0.3, -0.25) is 10.3 Å². The molecule has 0 radical (unpaired) electrons. The average molecular weight is 417 g/mol. The van der Waals surface area contributed by atoms with E-state index in [2.05, 4.69) is 10.7 Å². The van der Waals surface area contributed by atoms with Crippen LogP contribution in [0.4, 0.5) is 13.2 Å². The first-order valence-corrected chi connectivity index (χ1v) is 8.51. The van der Waals surface area contributed by atoms with Crippen LogP contribution in [-0.4, -0.2) is 6.18 Å². The number of rotatable bonds is 4. The van der Waals surface area contributed by atoms with E-state index in [0.717, 1.165) is 23.8 Å². The Morgan fingerprint density at radius 3 is 2.37 bits per heavy atom. The van der Waals surface area contributed by atoms with Gasteiger partial charge in [-0.2, -0.15) is 18.1 Å². The van der Waals surface area contributed by atoms with Crippen LogP contribution in [-0.2, 0) is 17.0 Å². The monoisotopic (exact) mass is 416 g/mol. The van der Waals surface area contributed by atoms with E-state index in [1.807, 2.05) is 0 Å². The molecule has 1 N–H and O–H groups in total. The molecule has 3 rings (SSSR count). The van der Waals surface area contributed by atoms with Gasteiger partial charge in [0, 0.05) is 15.6 Å². The molecule has 4 nitrogen and oxygen atoms in total. The van der Waals surface area contributed by atoms with Crippen LogP contribution < -0.4 is 5.48 Å². The standard InChI is InChI=1S/C18H13Cl2F3N2O2/c1-10-4-11(2-3-12(10)9-24-26)16-8-17(27-25-16,18(21,22)23)13-5-14(19)7-15(20)6-13/h2-8,25H,9H2,1H3. The Kier molecular flexibility index (Phi) is 5.20. The van der Waals surface area contributed by atoms with Crippen LogP contribution in [0.15, 0.2) is 47.7 Å². The summed E-state index contributed by atoms with van der Waals surface area (Å²) in [5.41, 5.74) is 1.40. The third-order valence-electron chi connectivity index (χ3n) is 4.27. The highest BCUT2D eigenvalue weighted by molar-refractivity contribution is 6.34. The fourth-order valence-electron chi connectivity index (χ4n) is 2.86. The minimum absolute atomic E-state index is 0.0113. The van der Waals surface area contributed by atoms with Crippen molar-refractivity contribution in [3.05, 3.63) is 79.7 Å². The fraction of sp³-hybridized carbons (Fsp3) is 0.222. The maximum atomic E-state index is 14.0. The molecular weight excluding hydrogens is 404 g/mol. The number of hydroxylamine groups is 1. The molecule has 27 heavy (non-hydrogen) atoms. The van der Waals surface area contributed by atoms with Crippen LogP contribution in [0.1, 0.15) is 22.3 Å². The van der Waals surface area contributed by atoms with Gasteiger partial charge in [0.15, 0.2) is 0 Å². The second-order valence-electron chi connectivity index (χ2n) is 6.08. The van der Waals surface area contributed by atoms with Gasteiger partial charge in [-0.1, -0.05) is 40.5 Å². The summed E-state index contributed by atoms with van der Waals surface area (Å²) in [6.45, 7) is 1.73. The molecule has 2 aromatic rings. The minimum Gasteiger partial charge on any atom is -0.265 e. The highest BCUT2D eigenvalue weighted by Crippen LogP contribution is 2.48. The SMILES string of the molecule is Cc1cc(C2=CC(c3cc(Cl)cc(Cl)c3)(C(F)(F)F)ON2)ccc1CN=O. The van der Waals surface area contributed by atoms with Crippen molar-refractivity contribution in [1.29, 1.82) is 0 Å². The molecular formula is C18H13Cl2F3N2O2. The molecule has 0 spiro atoms. The summed E-state index contributed by atoms with van der Waals surface area (Å²) in [6.07, 6.45) is -3.83. The van der Waals surface area contributed by atoms with E-state index in [1.165, 1.54) is 6.07 Å². The Bertz CT molecular complexity index is 911. The van der Waals surface area contributed by atoms with E-state index in [4.69, 9.17) is 28.0 Å². The Labute approximate surface area is 162 Å². The highest BCUT2D eigenvalue weighted by Gasteiger charge is 2.59. The third kappa shape index (κ3) is 3.67. The van der Waals surface area contributed by atoms with Crippen LogP contribution in [0, 0.1) is 11.8 Å². The zero-order valence-corrected chi connectivity index (χ0v) is 15.4. The Morgan fingerprint density at radius 2 is 1.81 bits per heavy atom. The Morgan fingerprint density at radius 1 is 1.15 bits per heavy atom. The topological polar surface area (TPSA) is 50.7 Å². The molecule has 1 atom stereocenters. The summed E-state index contributed by atoms with van der Waals surface area (Å²) in [4.78, 5) is 15.5. The molecule has 0 bridgehead atoms.